The van der Waals surface area contributed by atoms with Crippen LogP contribution in [-0.4, -0.2) is 34.9 Å². The molecule has 0 bridgehead atoms. The van der Waals surface area contributed by atoms with Crippen molar-refractivity contribution in [2.24, 2.45) is 0 Å². The largest absolute Gasteiger partial charge is 0.321 e. The van der Waals surface area contributed by atoms with Crippen LogP contribution in [0.5, 0.6) is 0 Å². The van der Waals surface area contributed by atoms with Crippen molar-refractivity contribution in [1.82, 2.24) is 19.3 Å². The highest BCUT2D eigenvalue weighted by Gasteiger charge is 2.28. The van der Waals surface area contributed by atoms with E-state index in [1.165, 1.54) is 12.1 Å². The lowest BCUT2D eigenvalue weighted by Crippen LogP contribution is -2.26. The van der Waals surface area contributed by atoms with Gasteiger partial charge in [-0.25, -0.2) is 23.1 Å². The highest BCUT2D eigenvalue weighted by molar-refractivity contribution is 7.89. The molecule has 0 spiro atoms. The number of sulfonamides is 1. The van der Waals surface area contributed by atoms with Gasteiger partial charge >= 0.3 is 0 Å². The normalized spacial score (nSPS) is 13.9. The van der Waals surface area contributed by atoms with Crippen molar-refractivity contribution in [2.45, 2.75) is 30.7 Å². The van der Waals surface area contributed by atoms with E-state index in [0.717, 1.165) is 23.9 Å². The molecule has 1 fully saturated rings. The Hall–Kier alpha value is -3.56. The van der Waals surface area contributed by atoms with Crippen LogP contribution in [0.15, 0.2) is 72.0 Å². The number of hydrogen-bond donors (Lipinski definition) is 2. The molecule has 1 aliphatic rings. The zero-order valence-corrected chi connectivity index (χ0v) is 18.1. The van der Waals surface area contributed by atoms with E-state index >= 15 is 0 Å². The van der Waals surface area contributed by atoms with Gasteiger partial charge in [-0.3, -0.25) is 9.36 Å². The van der Waals surface area contributed by atoms with Crippen molar-refractivity contribution in [1.29, 1.82) is 0 Å². The summed E-state index contributed by atoms with van der Waals surface area (Å²) in [6.45, 7) is 1.77. The average Bonchev–Trinajstić information content (AvgIpc) is 3.48. The van der Waals surface area contributed by atoms with Gasteiger partial charge in [-0.2, -0.15) is 0 Å². The number of anilines is 1. The van der Waals surface area contributed by atoms with Gasteiger partial charge in [-0.1, -0.05) is 18.2 Å². The second-order valence-electron chi connectivity index (χ2n) is 7.83. The van der Waals surface area contributed by atoms with Crippen molar-refractivity contribution in [2.75, 3.05) is 5.32 Å². The molecule has 1 aliphatic carbocycles. The third-order valence-corrected chi connectivity index (χ3v) is 6.89. The lowest BCUT2D eigenvalue weighted by Gasteiger charge is -2.11. The van der Waals surface area contributed by atoms with Crippen LogP contribution in [0.1, 0.15) is 28.8 Å². The monoisotopic (exact) mass is 447 g/mol. The number of benzene rings is 2. The molecule has 5 rings (SSSR count). The van der Waals surface area contributed by atoms with Gasteiger partial charge in [0, 0.05) is 11.6 Å². The van der Waals surface area contributed by atoms with Crippen LogP contribution < -0.4 is 10.0 Å². The number of aryl methyl sites for hydroxylation is 1. The third kappa shape index (κ3) is 4.00. The fraction of sp³-hybridized carbons (Fsp3) is 0.174. The van der Waals surface area contributed by atoms with Crippen molar-refractivity contribution in [3.63, 3.8) is 0 Å². The number of para-hydroxylation sites is 2. The Bertz CT molecular complexity index is 1420. The molecule has 9 heteroatoms. The number of nitrogens with one attached hydrogen (secondary N) is 2. The minimum atomic E-state index is -3.64. The van der Waals surface area contributed by atoms with Crippen LogP contribution in [0.3, 0.4) is 0 Å². The topological polar surface area (TPSA) is 106 Å². The Balaban J connectivity index is 1.36. The number of imidazole rings is 1. The Labute approximate surface area is 185 Å². The Morgan fingerprint density at radius 2 is 1.88 bits per heavy atom. The van der Waals surface area contributed by atoms with Gasteiger partial charge in [-0.05, 0) is 61.7 Å². The molecular formula is C23H21N5O3S. The van der Waals surface area contributed by atoms with E-state index in [2.05, 4.69) is 20.0 Å². The number of nitrogens with zero attached hydrogens (tertiary/aromatic N) is 3. The molecule has 2 heterocycles. The number of aromatic nitrogens is 3. The summed E-state index contributed by atoms with van der Waals surface area (Å²) in [6, 6.07) is 15.9. The molecule has 2 aromatic carbocycles. The minimum Gasteiger partial charge on any atom is -0.321 e. The highest BCUT2D eigenvalue weighted by Crippen LogP contribution is 2.24. The molecule has 0 atom stereocenters. The molecule has 0 radical (unpaired) electrons. The smallest absolute Gasteiger partial charge is 0.256 e. The predicted octanol–water partition coefficient (Wildman–Crippen LogP) is 3.42. The predicted molar refractivity (Wildman–Crippen MR) is 121 cm³/mol. The van der Waals surface area contributed by atoms with E-state index in [9.17, 15) is 13.2 Å². The van der Waals surface area contributed by atoms with Gasteiger partial charge in [0.15, 0.2) is 0 Å². The van der Waals surface area contributed by atoms with E-state index in [1.54, 1.807) is 37.6 Å². The molecule has 1 saturated carbocycles. The molecule has 0 unspecified atom stereocenters. The summed E-state index contributed by atoms with van der Waals surface area (Å²) in [5.41, 5.74) is 3.29. The Kier molecular flexibility index (Phi) is 4.99. The van der Waals surface area contributed by atoms with E-state index in [0.29, 0.717) is 22.6 Å². The van der Waals surface area contributed by atoms with Gasteiger partial charge < -0.3 is 5.32 Å². The van der Waals surface area contributed by atoms with Crippen LogP contribution >= 0.6 is 0 Å². The van der Waals surface area contributed by atoms with Crippen molar-refractivity contribution in [3.05, 3.63) is 78.2 Å². The van der Waals surface area contributed by atoms with Crippen LogP contribution in [0, 0.1) is 6.92 Å². The van der Waals surface area contributed by atoms with Crippen LogP contribution in [0.4, 0.5) is 5.69 Å². The number of rotatable bonds is 6. The first-order valence-corrected chi connectivity index (χ1v) is 11.7. The quantitative estimate of drug-likeness (QED) is 0.471. The molecule has 0 aliphatic heterocycles. The molecule has 8 nitrogen and oxygen atoms in total. The number of fused-ring (bicyclic) bond motifs is 1. The Morgan fingerprint density at radius 3 is 2.62 bits per heavy atom. The van der Waals surface area contributed by atoms with Gasteiger partial charge in [-0.15, -0.1) is 0 Å². The zero-order valence-electron chi connectivity index (χ0n) is 17.3. The first-order valence-electron chi connectivity index (χ1n) is 10.2. The Morgan fingerprint density at radius 1 is 1.06 bits per heavy atom. The van der Waals surface area contributed by atoms with Gasteiger partial charge in [0.25, 0.3) is 5.91 Å². The summed E-state index contributed by atoms with van der Waals surface area (Å²) >= 11 is 0. The average molecular weight is 448 g/mol. The molecular weight excluding hydrogens is 426 g/mol. The standard InChI is InChI=1S/C23H21N5O3S/c1-15-6-10-18(32(30,31)27-16-7-8-16)12-19(15)23(29)26-17-9-11-22(24-13-17)28-14-25-20-4-2-3-5-21(20)28/h2-6,9-14,16,27H,7-8H2,1H3,(H,26,29). The fourth-order valence-corrected chi connectivity index (χ4v) is 4.78. The van der Waals surface area contributed by atoms with Crippen molar-refractivity contribution >= 4 is 32.7 Å². The first kappa shape index (κ1) is 20.3. The SMILES string of the molecule is Cc1ccc(S(=O)(=O)NC2CC2)cc1C(=O)Nc1ccc(-n2cnc3ccccc32)nc1. The summed E-state index contributed by atoms with van der Waals surface area (Å²) in [5, 5.41) is 2.80. The van der Waals surface area contributed by atoms with Crippen LogP contribution in [0.25, 0.3) is 16.9 Å². The highest BCUT2D eigenvalue weighted by atomic mass is 32.2. The summed E-state index contributed by atoms with van der Waals surface area (Å²) in [6.07, 6.45) is 4.95. The van der Waals surface area contributed by atoms with E-state index in [1.807, 2.05) is 28.8 Å². The van der Waals surface area contributed by atoms with Crippen molar-refractivity contribution < 1.29 is 13.2 Å². The molecule has 32 heavy (non-hydrogen) atoms. The summed E-state index contributed by atoms with van der Waals surface area (Å²) in [7, 11) is -3.64. The number of carbonyl (C=O) groups is 1. The third-order valence-electron chi connectivity index (χ3n) is 5.37. The molecule has 2 N–H and O–H groups in total. The maximum Gasteiger partial charge on any atom is 0.256 e. The fourth-order valence-electron chi connectivity index (χ4n) is 3.44. The lowest BCUT2D eigenvalue weighted by molar-refractivity contribution is 0.102. The zero-order chi connectivity index (χ0) is 22.3. The van der Waals surface area contributed by atoms with Gasteiger partial charge in [0.1, 0.15) is 12.1 Å². The number of carbonyl (C=O) groups excluding carboxylic acids is 1. The summed E-state index contributed by atoms with van der Waals surface area (Å²) in [5.74, 6) is 0.278. The molecule has 162 valence electrons. The maximum absolute atomic E-state index is 12.9. The molecule has 2 aromatic heterocycles. The van der Waals surface area contributed by atoms with Crippen LogP contribution in [-0.2, 0) is 10.0 Å². The van der Waals surface area contributed by atoms with E-state index in [4.69, 9.17) is 0 Å². The molecule has 1 amide bonds. The van der Waals surface area contributed by atoms with Gasteiger partial charge in [0.2, 0.25) is 10.0 Å². The molecule has 0 saturated heterocycles. The number of pyridine rings is 1. The summed E-state index contributed by atoms with van der Waals surface area (Å²) in [4.78, 5) is 21.8. The van der Waals surface area contributed by atoms with Crippen molar-refractivity contribution in [3.8, 4) is 5.82 Å². The lowest BCUT2D eigenvalue weighted by atomic mass is 10.1. The maximum atomic E-state index is 12.9. The second-order valence-corrected chi connectivity index (χ2v) is 9.55. The van der Waals surface area contributed by atoms with E-state index < -0.39 is 15.9 Å². The first-order chi connectivity index (χ1) is 15.4. The number of hydrogen-bond acceptors (Lipinski definition) is 5. The molecule has 4 aromatic rings. The second kappa shape index (κ2) is 7.85. The van der Waals surface area contributed by atoms with Crippen LogP contribution in [0.2, 0.25) is 0 Å². The summed E-state index contributed by atoms with van der Waals surface area (Å²) < 4.78 is 29.5. The van der Waals surface area contributed by atoms with E-state index in [-0.39, 0.29) is 10.9 Å². The van der Waals surface area contributed by atoms with Gasteiger partial charge in [0.05, 0.1) is 27.8 Å². The minimum absolute atomic E-state index is 0.00390. The number of amides is 1.